The maximum Gasteiger partial charge on any atom is 0.0238 e. The van der Waals surface area contributed by atoms with Crippen molar-refractivity contribution in [3.8, 4) is 12.3 Å². The van der Waals surface area contributed by atoms with Crippen molar-refractivity contribution >= 4 is 0 Å². The van der Waals surface area contributed by atoms with Crippen LogP contribution < -0.4 is 5.32 Å². The van der Waals surface area contributed by atoms with Crippen molar-refractivity contribution in [2.75, 3.05) is 20.1 Å². The molecule has 2 atom stereocenters. The Bertz CT molecular complexity index is 195. The lowest BCUT2D eigenvalue weighted by molar-refractivity contribution is 0.340. The van der Waals surface area contributed by atoms with E-state index in [1.54, 1.807) is 0 Å². The molecule has 0 spiro atoms. The molecule has 0 radical (unpaired) electrons. The highest BCUT2D eigenvalue weighted by Gasteiger charge is 2.15. The van der Waals surface area contributed by atoms with Gasteiger partial charge >= 0.3 is 0 Å². The van der Waals surface area contributed by atoms with Crippen molar-refractivity contribution in [2.45, 2.75) is 44.7 Å². The van der Waals surface area contributed by atoms with Crippen molar-refractivity contribution in [3.05, 3.63) is 0 Å². The van der Waals surface area contributed by atoms with Gasteiger partial charge in [-0.25, -0.2) is 0 Å². The third kappa shape index (κ3) is 4.13. The smallest absolute Gasteiger partial charge is 0.0238 e. The Morgan fingerprint density at radius 2 is 2.29 bits per heavy atom. The molecular formula is C12H22N2. The molecule has 1 fully saturated rings. The van der Waals surface area contributed by atoms with Crippen molar-refractivity contribution in [2.24, 2.45) is 0 Å². The number of hydrogen-bond donors (Lipinski definition) is 1. The fraction of sp³-hybridized carbons (Fsp3) is 0.833. The molecular weight excluding hydrogens is 172 g/mol. The highest BCUT2D eigenvalue weighted by molar-refractivity contribution is 4.89. The van der Waals surface area contributed by atoms with E-state index in [0.717, 1.165) is 6.42 Å². The van der Waals surface area contributed by atoms with Crippen LogP contribution in [0.4, 0.5) is 0 Å². The van der Waals surface area contributed by atoms with E-state index in [2.05, 4.69) is 30.1 Å². The van der Waals surface area contributed by atoms with Gasteiger partial charge in [-0.1, -0.05) is 0 Å². The largest absolute Gasteiger partial charge is 0.311 e. The molecule has 1 aliphatic rings. The monoisotopic (exact) mass is 194 g/mol. The maximum absolute atomic E-state index is 5.29. The molecule has 80 valence electrons. The topological polar surface area (TPSA) is 15.3 Å². The zero-order valence-corrected chi connectivity index (χ0v) is 9.42. The van der Waals surface area contributed by atoms with Gasteiger partial charge in [-0.15, -0.1) is 12.3 Å². The summed E-state index contributed by atoms with van der Waals surface area (Å²) in [6.07, 6.45) is 9.98. The number of rotatable bonds is 3. The molecule has 0 bridgehead atoms. The van der Waals surface area contributed by atoms with Gasteiger partial charge in [-0.05, 0) is 46.3 Å². The fourth-order valence-corrected chi connectivity index (χ4v) is 2.04. The first-order chi connectivity index (χ1) is 6.72. The number of likely N-dealkylation sites (tertiary alicyclic amines) is 1. The summed E-state index contributed by atoms with van der Waals surface area (Å²) < 4.78 is 0. The molecule has 1 rings (SSSR count). The zero-order chi connectivity index (χ0) is 10.4. The van der Waals surface area contributed by atoms with Crippen LogP contribution in [0.15, 0.2) is 0 Å². The summed E-state index contributed by atoms with van der Waals surface area (Å²) in [5.41, 5.74) is 0. The van der Waals surface area contributed by atoms with Crippen LogP contribution in [0.5, 0.6) is 0 Å². The Labute approximate surface area is 88.1 Å². The summed E-state index contributed by atoms with van der Waals surface area (Å²) in [4.78, 5) is 2.41. The summed E-state index contributed by atoms with van der Waals surface area (Å²) in [6, 6.07) is 1.14. The molecule has 2 nitrogen and oxygen atoms in total. The molecule has 0 aromatic heterocycles. The van der Waals surface area contributed by atoms with Gasteiger partial charge in [0.2, 0.25) is 0 Å². The van der Waals surface area contributed by atoms with Gasteiger partial charge in [-0.2, -0.15) is 0 Å². The number of hydrogen-bond acceptors (Lipinski definition) is 2. The third-order valence-electron chi connectivity index (χ3n) is 2.90. The van der Waals surface area contributed by atoms with Gasteiger partial charge in [0.1, 0.15) is 0 Å². The fourth-order valence-electron chi connectivity index (χ4n) is 2.04. The first-order valence-corrected chi connectivity index (χ1v) is 5.60. The predicted molar refractivity (Wildman–Crippen MR) is 61.2 cm³/mol. The summed E-state index contributed by atoms with van der Waals surface area (Å²) in [6.45, 7) is 4.62. The van der Waals surface area contributed by atoms with Crippen molar-refractivity contribution < 1.29 is 0 Å². The standard InChI is InChI=1S/C12H22N2/c1-4-6-11(2)13-12-7-5-9-14(3)10-8-12/h1,11-13H,5-10H2,2-3H3. The number of terminal acetylenes is 1. The summed E-state index contributed by atoms with van der Waals surface area (Å²) in [5, 5.41) is 3.61. The Morgan fingerprint density at radius 3 is 3.00 bits per heavy atom. The molecule has 2 unspecified atom stereocenters. The first kappa shape index (κ1) is 11.6. The van der Waals surface area contributed by atoms with E-state index >= 15 is 0 Å². The Morgan fingerprint density at radius 1 is 1.50 bits per heavy atom. The molecule has 0 amide bonds. The maximum atomic E-state index is 5.29. The molecule has 0 aromatic rings. The second-order valence-electron chi connectivity index (χ2n) is 4.41. The average molecular weight is 194 g/mol. The lowest BCUT2D eigenvalue weighted by atomic mass is 10.1. The van der Waals surface area contributed by atoms with Gasteiger partial charge in [0, 0.05) is 18.5 Å². The quantitative estimate of drug-likeness (QED) is 0.685. The molecule has 0 aliphatic carbocycles. The Balaban J connectivity index is 2.27. The average Bonchev–Trinajstić information content (AvgIpc) is 2.32. The predicted octanol–water partition coefficient (Wildman–Crippen LogP) is 1.47. The molecule has 1 N–H and O–H groups in total. The third-order valence-corrected chi connectivity index (χ3v) is 2.90. The van der Waals surface area contributed by atoms with Crippen LogP contribution in [0, 0.1) is 12.3 Å². The Hall–Kier alpha value is -0.520. The molecule has 1 saturated heterocycles. The van der Waals surface area contributed by atoms with Crippen LogP contribution in [-0.4, -0.2) is 37.1 Å². The summed E-state index contributed by atoms with van der Waals surface area (Å²) in [5.74, 6) is 2.71. The van der Waals surface area contributed by atoms with E-state index in [9.17, 15) is 0 Å². The van der Waals surface area contributed by atoms with Gasteiger partial charge in [0.15, 0.2) is 0 Å². The van der Waals surface area contributed by atoms with E-state index < -0.39 is 0 Å². The first-order valence-electron chi connectivity index (χ1n) is 5.60. The molecule has 1 aliphatic heterocycles. The van der Waals surface area contributed by atoms with E-state index in [4.69, 9.17) is 6.42 Å². The number of nitrogens with zero attached hydrogens (tertiary/aromatic N) is 1. The second-order valence-corrected chi connectivity index (χ2v) is 4.41. The van der Waals surface area contributed by atoms with Crippen LogP contribution in [-0.2, 0) is 0 Å². The van der Waals surface area contributed by atoms with Gasteiger partial charge in [0.25, 0.3) is 0 Å². The van der Waals surface area contributed by atoms with Crippen LogP contribution in [0.2, 0.25) is 0 Å². The molecule has 0 saturated carbocycles. The van der Waals surface area contributed by atoms with Crippen molar-refractivity contribution in [1.29, 1.82) is 0 Å². The Kier molecular flexibility index (Phi) is 5.00. The van der Waals surface area contributed by atoms with E-state index in [1.165, 1.54) is 32.4 Å². The van der Waals surface area contributed by atoms with Gasteiger partial charge in [-0.3, -0.25) is 0 Å². The normalized spacial score (nSPS) is 26.5. The molecule has 1 heterocycles. The lowest BCUT2D eigenvalue weighted by Crippen LogP contribution is -2.36. The van der Waals surface area contributed by atoms with Crippen LogP contribution >= 0.6 is 0 Å². The van der Waals surface area contributed by atoms with Gasteiger partial charge < -0.3 is 10.2 Å². The second kappa shape index (κ2) is 6.06. The minimum atomic E-state index is 0.466. The van der Waals surface area contributed by atoms with Crippen molar-refractivity contribution in [3.63, 3.8) is 0 Å². The minimum absolute atomic E-state index is 0.466. The van der Waals surface area contributed by atoms with Crippen LogP contribution in [0.1, 0.15) is 32.6 Å². The molecule has 0 aromatic carbocycles. The molecule has 14 heavy (non-hydrogen) atoms. The summed E-state index contributed by atoms with van der Waals surface area (Å²) in [7, 11) is 2.20. The van der Waals surface area contributed by atoms with Crippen LogP contribution in [0.3, 0.4) is 0 Å². The van der Waals surface area contributed by atoms with Crippen LogP contribution in [0.25, 0.3) is 0 Å². The van der Waals surface area contributed by atoms with Crippen molar-refractivity contribution in [1.82, 2.24) is 10.2 Å². The SMILES string of the molecule is C#CCC(C)NC1CCCN(C)CC1. The van der Waals surface area contributed by atoms with E-state index in [-0.39, 0.29) is 0 Å². The van der Waals surface area contributed by atoms with Gasteiger partial charge in [0.05, 0.1) is 0 Å². The highest BCUT2D eigenvalue weighted by Crippen LogP contribution is 2.10. The van der Waals surface area contributed by atoms with E-state index in [1.807, 2.05) is 0 Å². The van der Waals surface area contributed by atoms with E-state index in [0.29, 0.717) is 12.1 Å². The molecule has 2 heteroatoms. The minimum Gasteiger partial charge on any atom is -0.311 e. The highest BCUT2D eigenvalue weighted by atomic mass is 15.1. The zero-order valence-electron chi connectivity index (χ0n) is 9.42. The lowest BCUT2D eigenvalue weighted by Gasteiger charge is -2.20. The summed E-state index contributed by atoms with van der Waals surface area (Å²) >= 11 is 0. The number of nitrogens with one attached hydrogen (secondary N) is 1.